The zero-order chi connectivity index (χ0) is 17.5. The van der Waals surface area contributed by atoms with Crippen molar-refractivity contribution >= 4 is 16.8 Å². The normalized spacial score (nSPS) is 22.0. The van der Waals surface area contributed by atoms with Crippen LogP contribution in [0.4, 0.5) is 13.2 Å². The van der Waals surface area contributed by atoms with Gasteiger partial charge in [0.05, 0.1) is 11.1 Å². The molecule has 1 aromatic heterocycles. The van der Waals surface area contributed by atoms with Crippen LogP contribution in [-0.4, -0.2) is 28.9 Å². The summed E-state index contributed by atoms with van der Waals surface area (Å²) >= 11 is 0. The zero-order valence-corrected chi connectivity index (χ0v) is 13.6. The van der Waals surface area contributed by atoms with Crippen LogP contribution < -0.4 is 0 Å². The molecule has 1 saturated heterocycles. The average molecular weight is 336 g/mol. The number of nitrogens with zero attached hydrogens (tertiary/aromatic N) is 2. The number of amides is 1. The van der Waals surface area contributed by atoms with Crippen molar-refractivity contribution in [2.24, 2.45) is 5.92 Å². The number of hydrogen-bond donors (Lipinski definition) is 0. The number of alkyl halides is 3. The second-order valence-corrected chi connectivity index (χ2v) is 6.56. The summed E-state index contributed by atoms with van der Waals surface area (Å²) in [5.41, 5.74) is 0.105. The molecule has 3 rings (SSSR count). The molecule has 0 N–H and O–H groups in total. The zero-order valence-electron chi connectivity index (χ0n) is 13.6. The van der Waals surface area contributed by atoms with E-state index in [2.05, 4.69) is 11.9 Å². The Labute approximate surface area is 138 Å². The van der Waals surface area contributed by atoms with Crippen molar-refractivity contribution in [2.75, 3.05) is 13.1 Å². The summed E-state index contributed by atoms with van der Waals surface area (Å²) in [4.78, 5) is 17.5. The number of likely N-dealkylation sites (tertiary alicyclic amines) is 1. The molecule has 0 aliphatic carbocycles. The summed E-state index contributed by atoms with van der Waals surface area (Å²) in [6.45, 7) is 4.83. The van der Waals surface area contributed by atoms with Gasteiger partial charge >= 0.3 is 6.18 Å². The number of benzene rings is 1. The predicted octanol–water partition coefficient (Wildman–Crippen LogP) is 4.23. The lowest BCUT2D eigenvalue weighted by Gasteiger charge is -2.36. The number of rotatable bonds is 1. The monoisotopic (exact) mass is 336 g/mol. The average Bonchev–Trinajstić information content (AvgIpc) is 2.52. The van der Waals surface area contributed by atoms with Gasteiger partial charge in [-0.1, -0.05) is 19.1 Å². The standard InChI is InChI=1S/C18H19F3N2O/c1-11-8-13(10-23(9-11)12(2)24)14-5-6-16(18(19,20)21)17-15(14)4-3-7-22-17/h3-7,11,13H,8-10H2,1-2H3/t11-,13+/m1/s1. The van der Waals surface area contributed by atoms with E-state index in [0.29, 0.717) is 24.4 Å². The Morgan fingerprint density at radius 3 is 2.67 bits per heavy atom. The minimum absolute atomic E-state index is 0.000826. The SMILES string of the molecule is CC(=O)N1C[C@H](C)C[C@H](c2ccc(C(F)(F)F)c3ncccc23)C1. The Balaban J connectivity index is 2.09. The molecule has 2 aromatic rings. The Bertz CT molecular complexity index is 772. The van der Waals surface area contributed by atoms with Gasteiger partial charge in [-0.25, -0.2) is 0 Å². The Kier molecular flexibility index (Phi) is 4.24. The van der Waals surface area contributed by atoms with Crippen molar-refractivity contribution in [2.45, 2.75) is 32.4 Å². The first kappa shape index (κ1) is 16.7. The van der Waals surface area contributed by atoms with Crippen LogP contribution in [0.3, 0.4) is 0 Å². The van der Waals surface area contributed by atoms with E-state index >= 15 is 0 Å². The van der Waals surface area contributed by atoms with Gasteiger partial charge in [0, 0.05) is 37.5 Å². The van der Waals surface area contributed by atoms with Crippen LogP contribution in [0.1, 0.15) is 37.3 Å². The second kappa shape index (κ2) is 6.07. The van der Waals surface area contributed by atoms with Gasteiger partial charge in [-0.15, -0.1) is 0 Å². The minimum Gasteiger partial charge on any atom is -0.342 e. The molecule has 0 bridgehead atoms. The maximum Gasteiger partial charge on any atom is 0.418 e. The lowest BCUT2D eigenvalue weighted by molar-refractivity contribution is -0.136. The van der Waals surface area contributed by atoms with Crippen molar-refractivity contribution in [3.63, 3.8) is 0 Å². The van der Waals surface area contributed by atoms with Crippen LogP contribution in [0.25, 0.3) is 10.9 Å². The van der Waals surface area contributed by atoms with Crippen LogP contribution in [0.2, 0.25) is 0 Å². The first-order valence-corrected chi connectivity index (χ1v) is 7.97. The van der Waals surface area contributed by atoms with Crippen molar-refractivity contribution in [3.8, 4) is 0 Å². The fourth-order valence-electron chi connectivity index (χ4n) is 3.61. The highest BCUT2D eigenvalue weighted by atomic mass is 19.4. The summed E-state index contributed by atoms with van der Waals surface area (Å²) < 4.78 is 39.7. The number of halogens is 3. The van der Waals surface area contributed by atoms with Crippen molar-refractivity contribution < 1.29 is 18.0 Å². The summed E-state index contributed by atoms with van der Waals surface area (Å²) in [5, 5.41) is 0.523. The largest absolute Gasteiger partial charge is 0.418 e. The molecule has 0 spiro atoms. The summed E-state index contributed by atoms with van der Waals surface area (Å²) in [6, 6.07) is 6.00. The molecule has 3 nitrogen and oxygen atoms in total. The molecule has 128 valence electrons. The molecule has 1 aliphatic rings. The number of piperidine rings is 1. The highest BCUT2D eigenvalue weighted by molar-refractivity contribution is 5.86. The lowest BCUT2D eigenvalue weighted by atomic mass is 9.83. The number of aromatic nitrogens is 1. The predicted molar refractivity (Wildman–Crippen MR) is 85.5 cm³/mol. The summed E-state index contributed by atoms with van der Waals surface area (Å²) in [5.74, 6) is 0.328. The molecule has 6 heteroatoms. The lowest BCUT2D eigenvalue weighted by Crippen LogP contribution is -2.41. The van der Waals surface area contributed by atoms with Gasteiger partial charge in [-0.3, -0.25) is 9.78 Å². The van der Waals surface area contributed by atoms with Gasteiger partial charge in [0.25, 0.3) is 0 Å². The highest BCUT2D eigenvalue weighted by Gasteiger charge is 2.35. The van der Waals surface area contributed by atoms with Gasteiger partial charge in [0.15, 0.2) is 0 Å². The highest BCUT2D eigenvalue weighted by Crippen LogP contribution is 2.39. The van der Waals surface area contributed by atoms with Crippen molar-refractivity contribution in [3.05, 3.63) is 41.6 Å². The Morgan fingerprint density at radius 1 is 1.25 bits per heavy atom. The van der Waals surface area contributed by atoms with Crippen LogP contribution in [0.15, 0.2) is 30.5 Å². The second-order valence-electron chi connectivity index (χ2n) is 6.56. The molecule has 1 aliphatic heterocycles. The molecule has 1 aromatic carbocycles. The fourth-order valence-corrected chi connectivity index (χ4v) is 3.61. The van der Waals surface area contributed by atoms with Gasteiger partial charge in [-0.05, 0) is 30.0 Å². The molecule has 0 radical (unpaired) electrons. The number of carbonyl (C=O) groups excluding carboxylic acids is 1. The van der Waals surface area contributed by atoms with Crippen LogP contribution in [0, 0.1) is 5.92 Å². The summed E-state index contributed by atoms with van der Waals surface area (Å²) in [7, 11) is 0. The fraction of sp³-hybridized carbons (Fsp3) is 0.444. The van der Waals surface area contributed by atoms with Gasteiger partial charge < -0.3 is 4.90 Å². The van der Waals surface area contributed by atoms with E-state index in [1.165, 1.54) is 13.1 Å². The van der Waals surface area contributed by atoms with E-state index in [9.17, 15) is 18.0 Å². The molecular weight excluding hydrogens is 317 g/mol. The first-order valence-electron chi connectivity index (χ1n) is 7.97. The van der Waals surface area contributed by atoms with E-state index in [1.807, 2.05) is 0 Å². The third-order valence-electron chi connectivity index (χ3n) is 4.65. The van der Waals surface area contributed by atoms with Crippen molar-refractivity contribution in [1.29, 1.82) is 0 Å². The maximum atomic E-state index is 13.2. The number of pyridine rings is 1. The van der Waals surface area contributed by atoms with Gasteiger partial charge in [0.1, 0.15) is 0 Å². The molecule has 24 heavy (non-hydrogen) atoms. The number of hydrogen-bond acceptors (Lipinski definition) is 2. The van der Waals surface area contributed by atoms with E-state index in [0.717, 1.165) is 18.1 Å². The third kappa shape index (κ3) is 3.09. The maximum absolute atomic E-state index is 13.2. The molecule has 0 saturated carbocycles. The minimum atomic E-state index is -4.43. The van der Waals surface area contributed by atoms with E-state index in [1.54, 1.807) is 23.1 Å². The van der Waals surface area contributed by atoms with Gasteiger partial charge in [-0.2, -0.15) is 13.2 Å². The van der Waals surface area contributed by atoms with Crippen LogP contribution in [0.5, 0.6) is 0 Å². The van der Waals surface area contributed by atoms with E-state index < -0.39 is 11.7 Å². The first-order chi connectivity index (χ1) is 11.3. The molecule has 1 fully saturated rings. The number of fused-ring (bicyclic) bond motifs is 1. The Hall–Kier alpha value is -2.11. The quantitative estimate of drug-likeness (QED) is 0.781. The van der Waals surface area contributed by atoms with E-state index in [4.69, 9.17) is 0 Å². The van der Waals surface area contributed by atoms with E-state index in [-0.39, 0.29) is 17.3 Å². The van der Waals surface area contributed by atoms with Crippen LogP contribution >= 0.6 is 0 Å². The third-order valence-corrected chi connectivity index (χ3v) is 4.65. The molecule has 0 unspecified atom stereocenters. The Morgan fingerprint density at radius 2 is 2.00 bits per heavy atom. The summed E-state index contributed by atoms with van der Waals surface area (Å²) in [6.07, 6.45) is -2.21. The van der Waals surface area contributed by atoms with Crippen LogP contribution in [-0.2, 0) is 11.0 Å². The van der Waals surface area contributed by atoms with Gasteiger partial charge in [0.2, 0.25) is 5.91 Å². The van der Waals surface area contributed by atoms with Crippen molar-refractivity contribution in [1.82, 2.24) is 9.88 Å². The molecule has 2 atom stereocenters. The topological polar surface area (TPSA) is 33.2 Å². The molecule has 1 amide bonds. The smallest absolute Gasteiger partial charge is 0.342 e. The number of carbonyl (C=O) groups is 1. The molecular formula is C18H19F3N2O. The molecule has 2 heterocycles.